The van der Waals surface area contributed by atoms with Crippen molar-refractivity contribution < 1.29 is 14.6 Å². The van der Waals surface area contributed by atoms with Crippen LogP contribution in [-0.2, 0) is 9.53 Å². The molecule has 19 heavy (non-hydrogen) atoms. The van der Waals surface area contributed by atoms with Gasteiger partial charge in [-0.05, 0) is 12.0 Å². The third-order valence-corrected chi connectivity index (χ3v) is 3.74. The molecule has 1 aromatic rings. The fraction of sp³-hybridized carbons (Fsp3) is 0.533. The topological polar surface area (TPSA) is 49.8 Å². The number of benzene rings is 1. The van der Waals surface area contributed by atoms with Crippen molar-refractivity contribution in [1.29, 1.82) is 0 Å². The Morgan fingerprint density at radius 3 is 2.84 bits per heavy atom. The zero-order valence-corrected chi connectivity index (χ0v) is 11.3. The van der Waals surface area contributed by atoms with Crippen molar-refractivity contribution in [3.63, 3.8) is 0 Å². The molecule has 1 aliphatic rings. The van der Waals surface area contributed by atoms with E-state index >= 15 is 0 Å². The van der Waals surface area contributed by atoms with Gasteiger partial charge in [0.1, 0.15) is 0 Å². The van der Waals surface area contributed by atoms with Gasteiger partial charge in [-0.1, -0.05) is 37.3 Å². The van der Waals surface area contributed by atoms with Crippen molar-refractivity contribution in [3.05, 3.63) is 35.9 Å². The number of morpholine rings is 1. The predicted molar refractivity (Wildman–Crippen MR) is 73.3 cm³/mol. The normalized spacial score (nSPS) is 22.1. The van der Waals surface area contributed by atoms with Crippen molar-refractivity contribution in [2.24, 2.45) is 0 Å². The van der Waals surface area contributed by atoms with Crippen LogP contribution in [0.5, 0.6) is 0 Å². The molecule has 0 aromatic heterocycles. The van der Waals surface area contributed by atoms with Crippen LogP contribution in [0.1, 0.15) is 24.8 Å². The van der Waals surface area contributed by atoms with Crippen molar-refractivity contribution in [3.8, 4) is 0 Å². The van der Waals surface area contributed by atoms with E-state index in [1.807, 2.05) is 30.3 Å². The lowest BCUT2D eigenvalue weighted by Crippen LogP contribution is -2.47. The Morgan fingerprint density at radius 1 is 1.47 bits per heavy atom. The molecule has 2 rings (SSSR count). The van der Waals surface area contributed by atoms with Crippen LogP contribution in [0.4, 0.5) is 0 Å². The van der Waals surface area contributed by atoms with Gasteiger partial charge in [-0.15, -0.1) is 0 Å². The van der Waals surface area contributed by atoms with Gasteiger partial charge in [0.05, 0.1) is 19.1 Å². The zero-order valence-electron chi connectivity index (χ0n) is 11.3. The molecule has 2 unspecified atom stereocenters. The minimum atomic E-state index is -0.757. The van der Waals surface area contributed by atoms with Crippen LogP contribution >= 0.6 is 0 Å². The third kappa shape index (κ3) is 3.55. The van der Waals surface area contributed by atoms with Crippen LogP contribution in [-0.4, -0.2) is 48.3 Å². The first-order valence-electron chi connectivity index (χ1n) is 6.82. The summed E-state index contributed by atoms with van der Waals surface area (Å²) in [5, 5.41) is 9.46. The second-order valence-electron chi connectivity index (χ2n) is 4.93. The summed E-state index contributed by atoms with van der Waals surface area (Å²) in [6.45, 7) is 4.89. The van der Waals surface area contributed by atoms with Crippen LogP contribution in [0.2, 0.25) is 0 Å². The standard InChI is InChI=1S/C15H21NO3/c1-2-13-11-19-9-8-16(13)10-14(15(17)18)12-6-4-3-5-7-12/h3-7,13-14H,2,8-11H2,1H3,(H,17,18). The van der Waals surface area contributed by atoms with E-state index in [9.17, 15) is 9.90 Å². The number of carbonyl (C=O) groups is 1. The highest BCUT2D eigenvalue weighted by Crippen LogP contribution is 2.20. The van der Waals surface area contributed by atoms with Crippen LogP contribution < -0.4 is 0 Å². The fourth-order valence-corrected chi connectivity index (χ4v) is 2.55. The van der Waals surface area contributed by atoms with Crippen molar-refractivity contribution >= 4 is 5.97 Å². The summed E-state index contributed by atoms with van der Waals surface area (Å²) < 4.78 is 5.46. The maximum Gasteiger partial charge on any atom is 0.312 e. The third-order valence-electron chi connectivity index (χ3n) is 3.74. The van der Waals surface area contributed by atoms with E-state index in [1.165, 1.54) is 0 Å². The van der Waals surface area contributed by atoms with Gasteiger partial charge >= 0.3 is 5.97 Å². The lowest BCUT2D eigenvalue weighted by atomic mass is 9.97. The Bertz CT molecular complexity index is 407. The number of carboxylic acids is 1. The Hall–Kier alpha value is -1.39. The zero-order chi connectivity index (χ0) is 13.7. The summed E-state index contributed by atoms with van der Waals surface area (Å²) in [4.78, 5) is 13.8. The van der Waals surface area contributed by atoms with Gasteiger partial charge in [-0.25, -0.2) is 0 Å². The molecule has 1 fully saturated rings. The SMILES string of the molecule is CCC1COCCN1CC(C(=O)O)c1ccccc1. The number of nitrogens with zero attached hydrogens (tertiary/aromatic N) is 1. The molecule has 1 aliphatic heterocycles. The lowest BCUT2D eigenvalue weighted by Gasteiger charge is -2.36. The van der Waals surface area contributed by atoms with Gasteiger partial charge in [0.15, 0.2) is 0 Å². The molecular weight excluding hydrogens is 242 g/mol. The smallest absolute Gasteiger partial charge is 0.312 e. The second kappa shape index (κ2) is 6.68. The highest BCUT2D eigenvalue weighted by atomic mass is 16.5. The van der Waals surface area contributed by atoms with Gasteiger partial charge < -0.3 is 9.84 Å². The minimum absolute atomic E-state index is 0.333. The average molecular weight is 263 g/mol. The number of hydrogen-bond donors (Lipinski definition) is 1. The molecule has 2 atom stereocenters. The number of ether oxygens (including phenoxy) is 1. The predicted octanol–water partition coefficient (Wildman–Crippen LogP) is 1.97. The molecule has 4 heteroatoms. The number of hydrogen-bond acceptors (Lipinski definition) is 3. The molecule has 1 saturated heterocycles. The summed E-state index contributed by atoms with van der Waals surface area (Å²) in [6.07, 6.45) is 0.987. The monoisotopic (exact) mass is 263 g/mol. The Labute approximate surface area is 114 Å². The number of carboxylic acid groups (broad SMARTS) is 1. The van der Waals surface area contributed by atoms with Gasteiger partial charge in [0.2, 0.25) is 0 Å². The van der Waals surface area contributed by atoms with Crippen molar-refractivity contribution in [1.82, 2.24) is 4.90 Å². The molecule has 1 aromatic carbocycles. The Kier molecular flexibility index (Phi) is 4.93. The molecule has 0 spiro atoms. The molecular formula is C15H21NO3. The molecule has 4 nitrogen and oxygen atoms in total. The van der Waals surface area contributed by atoms with Gasteiger partial charge in [0.25, 0.3) is 0 Å². The fourth-order valence-electron chi connectivity index (χ4n) is 2.55. The van der Waals surface area contributed by atoms with Crippen molar-refractivity contribution in [2.45, 2.75) is 25.3 Å². The molecule has 104 valence electrons. The molecule has 1 heterocycles. The highest BCUT2D eigenvalue weighted by Gasteiger charge is 2.28. The first-order chi connectivity index (χ1) is 9.22. The van der Waals surface area contributed by atoms with E-state index in [4.69, 9.17) is 4.74 Å². The van der Waals surface area contributed by atoms with E-state index in [1.54, 1.807) is 0 Å². The van der Waals surface area contributed by atoms with E-state index < -0.39 is 11.9 Å². The average Bonchev–Trinajstić information content (AvgIpc) is 2.45. The molecule has 0 saturated carbocycles. The van der Waals surface area contributed by atoms with E-state index in [0.29, 0.717) is 25.8 Å². The van der Waals surface area contributed by atoms with Gasteiger partial charge in [-0.2, -0.15) is 0 Å². The van der Waals surface area contributed by atoms with E-state index in [2.05, 4.69) is 11.8 Å². The van der Waals surface area contributed by atoms with Crippen LogP contribution in [0.15, 0.2) is 30.3 Å². The minimum Gasteiger partial charge on any atom is -0.481 e. The lowest BCUT2D eigenvalue weighted by molar-refractivity contribution is -0.140. The largest absolute Gasteiger partial charge is 0.481 e. The maximum absolute atomic E-state index is 11.5. The molecule has 0 bridgehead atoms. The summed E-state index contributed by atoms with van der Waals surface area (Å²) in [5.41, 5.74) is 0.872. The van der Waals surface area contributed by atoms with Crippen LogP contribution in [0, 0.1) is 0 Å². The summed E-state index contributed by atoms with van der Waals surface area (Å²) in [6, 6.07) is 9.80. The molecule has 0 radical (unpaired) electrons. The number of rotatable bonds is 5. The van der Waals surface area contributed by atoms with Crippen LogP contribution in [0.3, 0.4) is 0 Å². The summed E-state index contributed by atoms with van der Waals surface area (Å²) >= 11 is 0. The Morgan fingerprint density at radius 2 is 2.21 bits per heavy atom. The molecule has 0 aliphatic carbocycles. The maximum atomic E-state index is 11.5. The summed E-state index contributed by atoms with van der Waals surface area (Å²) in [7, 11) is 0. The highest BCUT2D eigenvalue weighted by molar-refractivity contribution is 5.76. The van der Waals surface area contributed by atoms with E-state index in [-0.39, 0.29) is 0 Å². The number of aliphatic carboxylic acids is 1. The second-order valence-corrected chi connectivity index (χ2v) is 4.93. The summed E-state index contributed by atoms with van der Waals surface area (Å²) in [5.74, 6) is -1.22. The molecule has 1 N–H and O–H groups in total. The quantitative estimate of drug-likeness (QED) is 0.882. The first kappa shape index (κ1) is 14.0. The molecule has 0 amide bonds. The van der Waals surface area contributed by atoms with Gasteiger partial charge in [-0.3, -0.25) is 9.69 Å². The van der Waals surface area contributed by atoms with E-state index in [0.717, 1.165) is 18.5 Å². The van der Waals surface area contributed by atoms with Gasteiger partial charge in [0, 0.05) is 19.1 Å². The Balaban J connectivity index is 2.10. The van der Waals surface area contributed by atoms with Crippen molar-refractivity contribution in [2.75, 3.05) is 26.3 Å². The van der Waals surface area contributed by atoms with Crippen LogP contribution in [0.25, 0.3) is 0 Å². The first-order valence-corrected chi connectivity index (χ1v) is 6.82.